The molecule has 7 heteroatoms. The summed E-state index contributed by atoms with van der Waals surface area (Å²) >= 11 is 0. The fraction of sp³-hybridized carbons (Fsp3) is 0.150. The summed E-state index contributed by atoms with van der Waals surface area (Å²) < 4.78 is 9.92. The third kappa shape index (κ3) is 2.83. The van der Waals surface area contributed by atoms with Gasteiger partial charge in [0.15, 0.2) is 0 Å². The number of aromatic amines is 1. The first kappa shape index (κ1) is 16.8. The number of H-pyrrole nitrogens is 1. The molecule has 1 amide bonds. The van der Waals surface area contributed by atoms with Crippen molar-refractivity contribution < 1.29 is 19.1 Å². The predicted octanol–water partition coefficient (Wildman–Crippen LogP) is 2.70. The second-order valence-electron chi connectivity index (χ2n) is 6.11. The molecule has 1 atom stereocenters. The molecule has 0 saturated carbocycles. The highest BCUT2D eigenvalue weighted by atomic mass is 16.5. The Kier molecular flexibility index (Phi) is 4.12. The van der Waals surface area contributed by atoms with Gasteiger partial charge in [0, 0.05) is 11.1 Å². The molecular formula is C20H17N3O4. The molecule has 2 aromatic carbocycles. The molecule has 1 aromatic heterocycles. The van der Waals surface area contributed by atoms with Crippen LogP contribution < -0.4 is 10.1 Å². The van der Waals surface area contributed by atoms with Crippen molar-refractivity contribution in [1.29, 1.82) is 0 Å². The van der Waals surface area contributed by atoms with Gasteiger partial charge in [-0.25, -0.2) is 4.79 Å². The lowest BCUT2D eigenvalue weighted by Gasteiger charge is -2.14. The van der Waals surface area contributed by atoms with E-state index < -0.39 is 5.97 Å². The minimum absolute atomic E-state index is 0.209. The van der Waals surface area contributed by atoms with Gasteiger partial charge in [-0.3, -0.25) is 9.89 Å². The normalized spacial score (nSPS) is 15.2. The van der Waals surface area contributed by atoms with Gasteiger partial charge in [-0.05, 0) is 42.0 Å². The molecule has 7 nitrogen and oxygen atoms in total. The highest BCUT2D eigenvalue weighted by Gasteiger charge is 2.35. The summed E-state index contributed by atoms with van der Waals surface area (Å²) in [5.41, 5.74) is 4.12. The number of hydrogen-bond acceptors (Lipinski definition) is 5. The number of carbonyl (C=O) groups is 2. The maximum atomic E-state index is 12.3. The maximum absolute atomic E-state index is 12.3. The van der Waals surface area contributed by atoms with Gasteiger partial charge in [-0.2, -0.15) is 5.10 Å². The van der Waals surface area contributed by atoms with E-state index >= 15 is 0 Å². The van der Waals surface area contributed by atoms with Crippen LogP contribution >= 0.6 is 0 Å². The minimum atomic E-state index is -0.403. The Bertz CT molecular complexity index is 1010. The number of amides is 1. The van der Waals surface area contributed by atoms with Gasteiger partial charge in [-0.15, -0.1) is 0 Å². The molecule has 0 bridgehead atoms. The molecule has 0 unspecified atom stereocenters. The Morgan fingerprint density at radius 3 is 2.37 bits per heavy atom. The summed E-state index contributed by atoms with van der Waals surface area (Å²) in [6.07, 6.45) is 0. The number of esters is 1. The van der Waals surface area contributed by atoms with E-state index in [-0.39, 0.29) is 11.9 Å². The van der Waals surface area contributed by atoms with E-state index in [1.165, 1.54) is 7.11 Å². The van der Waals surface area contributed by atoms with Gasteiger partial charge in [0.2, 0.25) is 0 Å². The third-order valence-corrected chi connectivity index (χ3v) is 4.62. The summed E-state index contributed by atoms with van der Waals surface area (Å²) in [5, 5.41) is 10.1. The van der Waals surface area contributed by atoms with Crippen molar-refractivity contribution in [2.45, 2.75) is 6.04 Å². The molecule has 1 aliphatic rings. The number of benzene rings is 2. The van der Waals surface area contributed by atoms with Crippen LogP contribution in [0.4, 0.5) is 0 Å². The Labute approximate surface area is 155 Å². The fourth-order valence-corrected chi connectivity index (χ4v) is 3.23. The molecule has 0 saturated heterocycles. The van der Waals surface area contributed by atoms with Crippen molar-refractivity contribution >= 4 is 11.9 Å². The van der Waals surface area contributed by atoms with E-state index in [0.717, 1.165) is 22.4 Å². The van der Waals surface area contributed by atoms with Crippen LogP contribution in [0.25, 0.3) is 11.3 Å². The van der Waals surface area contributed by atoms with Gasteiger partial charge in [0.1, 0.15) is 11.4 Å². The SMILES string of the molecule is COC(=O)c1ccc([C@@H]2NC(=O)c3[nH]nc(-c4ccc(OC)cc4)c32)cc1. The Balaban J connectivity index is 1.74. The number of ether oxygens (including phenoxy) is 2. The summed E-state index contributed by atoms with van der Waals surface area (Å²) in [7, 11) is 2.95. The molecular weight excluding hydrogens is 346 g/mol. The monoisotopic (exact) mass is 363 g/mol. The zero-order chi connectivity index (χ0) is 19.0. The van der Waals surface area contributed by atoms with Crippen LogP contribution in [0, 0.1) is 0 Å². The molecule has 1 aliphatic heterocycles. The molecule has 0 radical (unpaired) electrons. The lowest BCUT2D eigenvalue weighted by molar-refractivity contribution is 0.0600. The molecule has 3 aromatic rings. The van der Waals surface area contributed by atoms with Gasteiger partial charge in [0.25, 0.3) is 5.91 Å². The van der Waals surface area contributed by atoms with E-state index in [0.29, 0.717) is 17.0 Å². The highest BCUT2D eigenvalue weighted by molar-refractivity contribution is 6.00. The van der Waals surface area contributed by atoms with Crippen molar-refractivity contribution in [3.63, 3.8) is 0 Å². The van der Waals surface area contributed by atoms with Crippen LogP contribution in [0.1, 0.15) is 38.0 Å². The molecule has 0 aliphatic carbocycles. The first-order valence-electron chi connectivity index (χ1n) is 8.34. The highest BCUT2D eigenvalue weighted by Crippen LogP contribution is 2.37. The Hall–Kier alpha value is -3.61. The van der Waals surface area contributed by atoms with Crippen LogP contribution in [0.15, 0.2) is 48.5 Å². The molecule has 4 rings (SSSR count). The van der Waals surface area contributed by atoms with E-state index in [1.54, 1.807) is 31.4 Å². The van der Waals surface area contributed by atoms with E-state index in [4.69, 9.17) is 9.47 Å². The second-order valence-corrected chi connectivity index (χ2v) is 6.11. The van der Waals surface area contributed by atoms with Gasteiger partial charge in [-0.1, -0.05) is 12.1 Å². The zero-order valence-electron chi connectivity index (χ0n) is 14.8. The predicted molar refractivity (Wildman–Crippen MR) is 97.7 cm³/mol. The van der Waals surface area contributed by atoms with Crippen molar-refractivity contribution in [2.24, 2.45) is 0 Å². The van der Waals surface area contributed by atoms with E-state index in [1.807, 2.05) is 24.3 Å². The number of carbonyl (C=O) groups excluding carboxylic acids is 2. The standard InChI is InChI=1S/C20H17N3O4/c1-26-14-9-7-12(8-10-14)17-15-16(21-19(24)18(15)23-22-17)11-3-5-13(6-4-11)20(25)27-2/h3-10,16H,1-2H3,(H,21,24)(H,22,23)/t16-/m0/s1. The number of methoxy groups -OCH3 is 2. The summed E-state index contributed by atoms with van der Waals surface area (Å²) in [6.45, 7) is 0. The number of nitrogens with one attached hydrogen (secondary N) is 2. The van der Waals surface area contributed by atoms with Gasteiger partial charge < -0.3 is 14.8 Å². The molecule has 27 heavy (non-hydrogen) atoms. The molecule has 0 fully saturated rings. The van der Waals surface area contributed by atoms with Crippen molar-refractivity contribution in [3.8, 4) is 17.0 Å². The summed E-state index contributed by atoms with van der Waals surface area (Å²) in [4.78, 5) is 24.0. The third-order valence-electron chi connectivity index (χ3n) is 4.62. The number of aromatic nitrogens is 2. The van der Waals surface area contributed by atoms with Crippen LogP contribution in [0.2, 0.25) is 0 Å². The van der Waals surface area contributed by atoms with Crippen LogP contribution in [-0.4, -0.2) is 36.3 Å². The zero-order valence-corrected chi connectivity index (χ0v) is 14.8. The average Bonchev–Trinajstić information content (AvgIpc) is 3.29. The first-order valence-corrected chi connectivity index (χ1v) is 8.34. The number of fused-ring (bicyclic) bond motifs is 1. The lowest BCUT2D eigenvalue weighted by Crippen LogP contribution is -2.21. The molecule has 2 heterocycles. The largest absolute Gasteiger partial charge is 0.497 e. The lowest BCUT2D eigenvalue weighted by atomic mass is 9.96. The van der Waals surface area contributed by atoms with Gasteiger partial charge in [0.05, 0.1) is 31.5 Å². The van der Waals surface area contributed by atoms with Crippen LogP contribution in [0.3, 0.4) is 0 Å². The fourth-order valence-electron chi connectivity index (χ4n) is 3.23. The summed E-state index contributed by atoms with van der Waals surface area (Å²) in [6, 6.07) is 14.1. The molecule has 136 valence electrons. The molecule has 0 spiro atoms. The second kappa shape index (κ2) is 6.60. The van der Waals surface area contributed by atoms with Crippen LogP contribution in [0.5, 0.6) is 5.75 Å². The summed E-state index contributed by atoms with van der Waals surface area (Å²) in [5.74, 6) is 0.134. The maximum Gasteiger partial charge on any atom is 0.337 e. The number of rotatable bonds is 4. The Morgan fingerprint density at radius 1 is 1.04 bits per heavy atom. The van der Waals surface area contributed by atoms with E-state index in [2.05, 4.69) is 15.5 Å². The van der Waals surface area contributed by atoms with Gasteiger partial charge >= 0.3 is 5.97 Å². The van der Waals surface area contributed by atoms with Crippen molar-refractivity contribution in [3.05, 3.63) is 70.9 Å². The topological polar surface area (TPSA) is 93.3 Å². The number of nitrogens with zero attached hydrogens (tertiary/aromatic N) is 1. The van der Waals surface area contributed by atoms with Crippen LogP contribution in [-0.2, 0) is 4.74 Å². The molecule has 2 N–H and O–H groups in total. The van der Waals surface area contributed by atoms with E-state index in [9.17, 15) is 9.59 Å². The minimum Gasteiger partial charge on any atom is -0.497 e. The van der Waals surface area contributed by atoms with Crippen molar-refractivity contribution in [1.82, 2.24) is 15.5 Å². The smallest absolute Gasteiger partial charge is 0.337 e. The number of hydrogen-bond donors (Lipinski definition) is 2. The quantitative estimate of drug-likeness (QED) is 0.695. The first-order chi connectivity index (χ1) is 13.1. The van der Waals surface area contributed by atoms with Crippen molar-refractivity contribution in [2.75, 3.05) is 14.2 Å². The average molecular weight is 363 g/mol. The Morgan fingerprint density at radius 2 is 1.74 bits per heavy atom.